The number of carbonyl (C=O) groups is 1. The van der Waals surface area contributed by atoms with Crippen molar-refractivity contribution in [1.82, 2.24) is 15.2 Å². The minimum atomic E-state index is -0.244. The third-order valence-electron chi connectivity index (χ3n) is 4.12. The van der Waals surface area contributed by atoms with E-state index < -0.39 is 0 Å². The van der Waals surface area contributed by atoms with Gasteiger partial charge in [0.1, 0.15) is 0 Å². The summed E-state index contributed by atoms with van der Waals surface area (Å²) in [5, 5.41) is 12.1. The predicted molar refractivity (Wildman–Crippen MR) is 85.0 cm³/mol. The van der Waals surface area contributed by atoms with E-state index in [4.69, 9.17) is 0 Å². The maximum Gasteiger partial charge on any atom is 0.251 e. The first-order valence-electron chi connectivity index (χ1n) is 7.97. The number of rotatable bonds is 6. The molecule has 22 heavy (non-hydrogen) atoms. The molecule has 122 valence electrons. The molecule has 6 heteroatoms. The Balaban J connectivity index is 1.83. The van der Waals surface area contributed by atoms with E-state index in [2.05, 4.69) is 15.2 Å². The van der Waals surface area contributed by atoms with Gasteiger partial charge in [-0.3, -0.25) is 9.59 Å². The summed E-state index contributed by atoms with van der Waals surface area (Å²) in [6.07, 6.45) is 2.85. The fourth-order valence-corrected chi connectivity index (χ4v) is 2.86. The predicted octanol–water partition coefficient (Wildman–Crippen LogP) is 0.371. The molecule has 1 aliphatic heterocycles. The van der Waals surface area contributed by atoms with Gasteiger partial charge in [-0.15, -0.1) is 0 Å². The lowest BCUT2D eigenvalue weighted by Gasteiger charge is -2.31. The maximum atomic E-state index is 12.1. The topological polar surface area (TPSA) is 85.4 Å². The average Bonchev–Trinajstić information content (AvgIpc) is 2.54. The Morgan fingerprint density at radius 1 is 1.50 bits per heavy atom. The Morgan fingerprint density at radius 2 is 2.32 bits per heavy atom. The number of aliphatic hydroxyl groups is 1. The van der Waals surface area contributed by atoms with Crippen molar-refractivity contribution in [3.63, 3.8) is 0 Å². The number of nitrogens with one attached hydrogen (secondary N) is 2. The number of carbonyl (C=O) groups excluding carboxylic acids is 1. The van der Waals surface area contributed by atoms with Crippen molar-refractivity contribution in [2.24, 2.45) is 5.92 Å². The molecule has 1 aromatic rings. The van der Waals surface area contributed by atoms with Gasteiger partial charge in [-0.1, -0.05) is 6.92 Å². The van der Waals surface area contributed by atoms with Gasteiger partial charge in [0, 0.05) is 43.6 Å². The zero-order chi connectivity index (χ0) is 15.9. The quantitative estimate of drug-likeness (QED) is 0.709. The van der Waals surface area contributed by atoms with Crippen molar-refractivity contribution in [2.45, 2.75) is 26.2 Å². The number of aromatic nitrogens is 1. The lowest BCUT2D eigenvalue weighted by atomic mass is 9.99. The molecule has 0 unspecified atom stereocenters. The number of aliphatic hydroxyl groups excluding tert-OH is 1. The van der Waals surface area contributed by atoms with Gasteiger partial charge in [0.15, 0.2) is 0 Å². The molecule has 0 aliphatic carbocycles. The number of hydrogen-bond acceptors (Lipinski definition) is 4. The molecule has 0 spiro atoms. The number of piperidine rings is 1. The van der Waals surface area contributed by atoms with E-state index in [9.17, 15) is 14.7 Å². The van der Waals surface area contributed by atoms with Gasteiger partial charge in [0.25, 0.3) is 5.91 Å². The first kappa shape index (κ1) is 16.7. The van der Waals surface area contributed by atoms with E-state index in [-0.39, 0.29) is 18.1 Å². The molecular weight excluding hydrogens is 282 g/mol. The van der Waals surface area contributed by atoms with Crippen LogP contribution in [0.4, 0.5) is 0 Å². The fraction of sp³-hybridized carbons (Fsp3) is 0.625. The molecule has 1 atom stereocenters. The second-order valence-electron chi connectivity index (χ2n) is 5.86. The second kappa shape index (κ2) is 8.10. The summed E-state index contributed by atoms with van der Waals surface area (Å²) in [4.78, 5) is 28.6. The van der Waals surface area contributed by atoms with Crippen LogP contribution in [0.2, 0.25) is 0 Å². The molecule has 6 nitrogen and oxygen atoms in total. The Bertz CT molecular complexity index is 556. The summed E-state index contributed by atoms with van der Waals surface area (Å²) in [7, 11) is 0. The molecule has 0 bridgehead atoms. The summed E-state index contributed by atoms with van der Waals surface area (Å²) in [6, 6.07) is 3.05. The van der Waals surface area contributed by atoms with Crippen LogP contribution in [0.15, 0.2) is 16.9 Å². The molecule has 0 saturated carbocycles. The average molecular weight is 307 g/mol. The third-order valence-corrected chi connectivity index (χ3v) is 4.12. The Labute approximate surface area is 130 Å². The van der Waals surface area contributed by atoms with Gasteiger partial charge >= 0.3 is 0 Å². The third kappa shape index (κ3) is 4.68. The van der Waals surface area contributed by atoms with Crippen LogP contribution < -0.4 is 10.9 Å². The van der Waals surface area contributed by atoms with Crippen molar-refractivity contribution in [3.8, 4) is 0 Å². The maximum absolute atomic E-state index is 12.1. The Kier molecular flexibility index (Phi) is 6.15. The number of aromatic amines is 1. The van der Waals surface area contributed by atoms with Crippen molar-refractivity contribution >= 4 is 5.91 Å². The van der Waals surface area contributed by atoms with Gasteiger partial charge in [0.2, 0.25) is 5.56 Å². The van der Waals surface area contributed by atoms with Crippen LogP contribution in [0, 0.1) is 5.92 Å². The van der Waals surface area contributed by atoms with Crippen LogP contribution in [0.3, 0.4) is 0 Å². The molecule has 2 rings (SSSR count). The highest BCUT2D eigenvalue weighted by Crippen LogP contribution is 2.14. The number of nitrogens with zero attached hydrogens (tertiary/aromatic N) is 1. The summed E-state index contributed by atoms with van der Waals surface area (Å²) >= 11 is 0. The Hall–Kier alpha value is -1.66. The van der Waals surface area contributed by atoms with Crippen molar-refractivity contribution in [1.29, 1.82) is 0 Å². The van der Waals surface area contributed by atoms with Crippen LogP contribution in [0.1, 0.15) is 35.8 Å². The van der Waals surface area contributed by atoms with Crippen molar-refractivity contribution in [3.05, 3.63) is 33.7 Å². The largest absolute Gasteiger partial charge is 0.396 e. The molecule has 1 aromatic heterocycles. The first-order valence-corrected chi connectivity index (χ1v) is 7.97. The molecule has 1 amide bonds. The highest BCUT2D eigenvalue weighted by Gasteiger charge is 2.18. The van der Waals surface area contributed by atoms with Crippen LogP contribution in [0.5, 0.6) is 0 Å². The van der Waals surface area contributed by atoms with E-state index in [1.807, 2.05) is 6.92 Å². The number of pyridine rings is 1. The standard InChI is InChI=1S/C16H25N3O3/c1-2-14-8-13(9-15(21)18-14)16(22)17-5-7-19-6-3-4-12(10-19)11-20/h8-9,12,20H,2-7,10-11H2,1H3,(H,17,22)(H,18,21)/t12-/m1/s1. The highest BCUT2D eigenvalue weighted by atomic mass is 16.3. The lowest BCUT2D eigenvalue weighted by Crippen LogP contribution is -2.41. The number of H-pyrrole nitrogens is 1. The molecule has 0 radical (unpaired) electrons. The van der Waals surface area contributed by atoms with E-state index in [1.165, 1.54) is 6.07 Å². The van der Waals surface area contributed by atoms with Gasteiger partial charge in [-0.25, -0.2) is 0 Å². The van der Waals surface area contributed by atoms with Crippen LogP contribution in [0.25, 0.3) is 0 Å². The molecule has 1 aliphatic rings. The van der Waals surface area contributed by atoms with Gasteiger partial charge in [-0.05, 0) is 37.8 Å². The van der Waals surface area contributed by atoms with Crippen LogP contribution in [-0.4, -0.2) is 53.7 Å². The Morgan fingerprint density at radius 3 is 3.05 bits per heavy atom. The van der Waals surface area contributed by atoms with E-state index >= 15 is 0 Å². The zero-order valence-electron chi connectivity index (χ0n) is 13.1. The van der Waals surface area contributed by atoms with Crippen molar-refractivity contribution in [2.75, 3.05) is 32.8 Å². The monoisotopic (exact) mass is 307 g/mol. The molecule has 3 N–H and O–H groups in total. The lowest BCUT2D eigenvalue weighted by molar-refractivity contribution is 0.0930. The number of amides is 1. The fourth-order valence-electron chi connectivity index (χ4n) is 2.86. The number of hydrogen-bond donors (Lipinski definition) is 3. The van der Waals surface area contributed by atoms with Gasteiger partial charge in [-0.2, -0.15) is 0 Å². The van der Waals surface area contributed by atoms with Crippen LogP contribution in [-0.2, 0) is 6.42 Å². The minimum absolute atomic E-state index is 0.212. The molecule has 1 fully saturated rings. The summed E-state index contributed by atoms with van der Waals surface area (Å²) in [6.45, 7) is 5.38. The van der Waals surface area contributed by atoms with Crippen LogP contribution >= 0.6 is 0 Å². The molecule has 2 heterocycles. The number of aryl methyl sites for hydroxylation is 1. The van der Waals surface area contributed by atoms with Gasteiger partial charge < -0.3 is 20.3 Å². The second-order valence-corrected chi connectivity index (χ2v) is 5.86. The normalized spacial score (nSPS) is 19.1. The highest BCUT2D eigenvalue weighted by molar-refractivity contribution is 5.94. The minimum Gasteiger partial charge on any atom is -0.396 e. The summed E-state index contributed by atoms with van der Waals surface area (Å²) in [5.74, 6) is 0.140. The molecular formula is C16H25N3O3. The van der Waals surface area contributed by atoms with E-state index in [1.54, 1.807) is 6.07 Å². The summed E-state index contributed by atoms with van der Waals surface area (Å²) < 4.78 is 0. The van der Waals surface area contributed by atoms with E-state index in [0.717, 1.165) is 38.2 Å². The summed E-state index contributed by atoms with van der Waals surface area (Å²) in [5.41, 5.74) is 0.929. The first-order chi connectivity index (χ1) is 10.6. The smallest absolute Gasteiger partial charge is 0.251 e. The zero-order valence-corrected chi connectivity index (χ0v) is 13.1. The molecule has 0 aromatic carbocycles. The van der Waals surface area contributed by atoms with Gasteiger partial charge in [0.05, 0.1) is 0 Å². The van der Waals surface area contributed by atoms with Crippen molar-refractivity contribution < 1.29 is 9.90 Å². The van der Waals surface area contributed by atoms with E-state index in [0.29, 0.717) is 24.4 Å². The molecule has 1 saturated heterocycles. The number of likely N-dealkylation sites (tertiary alicyclic amines) is 1. The SMILES string of the molecule is CCc1cc(C(=O)NCCN2CCC[C@@H](CO)C2)cc(=O)[nH]1.